The maximum Gasteiger partial charge on any atom is 0.113 e. The van der Waals surface area contributed by atoms with Crippen LogP contribution in [0.3, 0.4) is 0 Å². The number of nitrogens with one attached hydrogen (secondary N) is 1. The highest BCUT2D eigenvalue weighted by Crippen LogP contribution is 2.10. The second-order valence-electron chi connectivity index (χ2n) is 3.54. The van der Waals surface area contributed by atoms with Crippen LogP contribution >= 0.6 is 0 Å². The second-order valence-corrected chi connectivity index (χ2v) is 3.54. The molecule has 0 radical (unpaired) electrons. The lowest BCUT2D eigenvalue weighted by Gasteiger charge is -1.96. The van der Waals surface area contributed by atoms with E-state index in [0.29, 0.717) is 0 Å². The number of hydrogen-bond donors (Lipinski definition) is 1. The fourth-order valence-corrected chi connectivity index (χ4v) is 1.48. The minimum Gasteiger partial charge on any atom is -0.319 e. The summed E-state index contributed by atoms with van der Waals surface area (Å²) in [6.07, 6.45) is 0.852. The van der Waals surface area contributed by atoms with Gasteiger partial charge in [-0.05, 0) is 25.1 Å². The number of rotatable bonds is 2. The predicted molar refractivity (Wildman–Crippen MR) is 67.2 cm³/mol. The van der Waals surface area contributed by atoms with Crippen molar-refractivity contribution in [1.82, 2.24) is 10.3 Å². The van der Waals surface area contributed by atoms with Gasteiger partial charge in [0.1, 0.15) is 5.69 Å². The SMILES string of the molecule is CNCCC#Cc1ccc2ccccc2n1. The molecule has 0 saturated heterocycles. The summed E-state index contributed by atoms with van der Waals surface area (Å²) in [5.41, 5.74) is 1.85. The lowest BCUT2D eigenvalue weighted by Crippen LogP contribution is -2.05. The molecule has 1 aromatic heterocycles. The van der Waals surface area contributed by atoms with Crippen LogP contribution in [0.15, 0.2) is 36.4 Å². The highest BCUT2D eigenvalue weighted by Gasteiger charge is 1.93. The minimum atomic E-state index is 0.842. The summed E-state index contributed by atoms with van der Waals surface area (Å²) in [5.74, 6) is 6.16. The van der Waals surface area contributed by atoms with Gasteiger partial charge in [0.05, 0.1) is 5.52 Å². The molecule has 0 bridgehead atoms. The molecular formula is C14H14N2. The van der Waals surface area contributed by atoms with Crippen molar-refractivity contribution in [1.29, 1.82) is 0 Å². The molecule has 2 aromatic rings. The normalized spacial score (nSPS) is 9.81. The van der Waals surface area contributed by atoms with Crippen molar-refractivity contribution in [3.8, 4) is 11.8 Å². The Balaban J connectivity index is 2.21. The van der Waals surface area contributed by atoms with Crippen molar-refractivity contribution in [2.75, 3.05) is 13.6 Å². The average molecular weight is 210 g/mol. The smallest absolute Gasteiger partial charge is 0.113 e. The Morgan fingerprint density at radius 3 is 2.94 bits per heavy atom. The van der Waals surface area contributed by atoms with E-state index in [2.05, 4.69) is 34.3 Å². The Morgan fingerprint density at radius 2 is 2.06 bits per heavy atom. The lowest BCUT2D eigenvalue weighted by molar-refractivity contribution is 0.818. The summed E-state index contributed by atoms with van der Waals surface area (Å²) in [5, 5.41) is 4.22. The van der Waals surface area contributed by atoms with Crippen LogP contribution in [0.25, 0.3) is 10.9 Å². The predicted octanol–water partition coefficient (Wildman–Crippen LogP) is 2.20. The van der Waals surface area contributed by atoms with Crippen molar-refractivity contribution in [2.45, 2.75) is 6.42 Å². The third-order valence-electron chi connectivity index (χ3n) is 2.31. The fraction of sp³-hybridized carbons (Fsp3) is 0.214. The Labute approximate surface area is 95.7 Å². The molecule has 0 aliphatic heterocycles. The largest absolute Gasteiger partial charge is 0.319 e. The summed E-state index contributed by atoms with van der Waals surface area (Å²) >= 11 is 0. The molecule has 0 spiro atoms. The molecule has 2 rings (SSSR count). The summed E-state index contributed by atoms with van der Waals surface area (Å²) in [6, 6.07) is 12.1. The number of fused-ring (bicyclic) bond motifs is 1. The molecular weight excluding hydrogens is 196 g/mol. The summed E-state index contributed by atoms with van der Waals surface area (Å²) in [4.78, 5) is 4.48. The Kier molecular flexibility index (Phi) is 3.53. The van der Waals surface area contributed by atoms with E-state index in [-0.39, 0.29) is 0 Å². The highest BCUT2D eigenvalue weighted by molar-refractivity contribution is 5.78. The van der Waals surface area contributed by atoms with Gasteiger partial charge < -0.3 is 5.32 Å². The molecule has 1 heterocycles. The first-order chi connectivity index (χ1) is 7.90. The molecule has 2 nitrogen and oxygen atoms in total. The molecule has 0 amide bonds. The maximum atomic E-state index is 4.48. The first-order valence-corrected chi connectivity index (χ1v) is 5.39. The van der Waals surface area contributed by atoms with Crippen molar-refractivity contribution in [3.63, 3.8) is 0 Å². The van der Waals surface area contributed by atoms with Crippen LogP contribution < -0.4 is 5.32 Å². The van der Waals surface area contributed by atoms with Crippen LogP contribution in [0.5, 0.6) is 0 Å². The van der Waals surface area contributed by atoms with Gasteiger partial charge in [-0.25, -0.2) is 4.98 Å². The molecule has 0 saturated carbocycles. The summed E-state index contributed by atoms with van der Waals surface area (Å²) in [7, 11) is 1.93. The molecule has 1 aromatic carbocycles. The van der Waals surface area contributed by atoms with Crippen molar-refractivity contribution in [2.24, 2.45) is 0 Å². The molecule has 16 heavy (non-hydrogen) atoms. The zero-order chi connectivity index (χ0) is 11.2. The van der Waals surface area contributed by atoms with Gasteiger partial charge in [0, 0.05) is 18.4 Å². The van der Waals surface area contributed by atoms with Crippen LogP contribution in [-0.2, 0) is 0 Å². The number of nitrogens with zero attached hydrogens (tertiary/aromatic N) is 1. The van der Waals surface area contributed by atoms with E-state index in [1.54, 1.807) is 0 Å². The van der Waals surface area contributed by atoms with Crippen LogP contribution in [-0.4, -0.2) is 18.6 Å². The third kappa shape index (κ3) is 2.59. The fourth-order valence-electron chi connectivity index (χ4n) is 1.48. The molecule has 80 valence electrons. The molecule has 2 heteroatoms. The molecule has 0 aliphatic carbocycles. The van der Waals surface area contributed by atoms with Gasteiger partial charge in [-0.2, -0.15) is 0 Å². The molecule has 0 fully saturated rings. The molecule has 0 aliphatic rings. The van der Waals surface area contributed by atoms with Crippen molar-refractivity contribution in [3.05, 3.63) is 42.1 Å². The van der Waals surface area contributed by atoms with Gasteiger partial charge in [-0.15, -0.1) is 0 Å². The average Bonchev–Trinajstić information content (AvgIpc) is 2.34. The molecule has 0 unspecified atom stereocenters. The first kappa shape index (κ1) is 10.7. The highest BCUT2D eigenvalue weighted by atomic mass is 14.8. The van der Waals surface area contributed by atoms with Gasteiger partial charge in [-0.3, -0.25) is 0 Å². The zero-order valence-electron chi connectivity index (χ0n) is 9.33. The summed E-state index contributed by atoms with van der Waals surface area (Å²) in [6.45, 7) is 0.917. The quantitative estimate of drug-likeness (QED) is 0.607. The van der Waals surface area contributed by atoms with Gasteiger partial charge >= 0.3 is 0 Å². The summed E-state index contributed by atoms with van der Waals surface area (Å²) < 4.78 is 0. The van der Waals surface area contributed by atoms with E-state index >= 15 is 0 Å². The van der Waals surface area contributed by atoms with Crippen molar-refractivity contribution < 1.29 is 0 Å². The molecule has 0 atom stereocenters. The van der Waals surface area contributed by atoms with E-state index in [0.717, 1.165) is 29.6 Å². The van der Waals surface area contributed by atoms with Gasteiger partial charge in [0.2, 0.25) is 0 Å². The molecule has 1 N–H and O–H groups in total. The number of pyridine rings is 1. The van der Waals surface area contributed by atoms with Crippen LogP contribution in [0.2, 0.25) is 0 Å². The lowest BCUT2D eigenvalue weighted by atomic mass is 10.2. The van der Waals surface area contributed by atoms with Crippen LogP contribution in [0, 0.1) is 11.8 Å². The van der Waals surface area contributed by atoms with Crippen LogP contribution in [0.1, 0.15) is 12.1 Å². The first-order valence-electron chi connectivity index (χ1n) is 5.39. The minimum absolute atomic E-state index is 0.842. The Bertz CT molecular complexity index is 535. The topological polar surface area (TPSA) is 24.9 Å². The number of aromatic nitrogens is 1. The van der Waals surface area contributed by atoms with Crippen molar-refractivity contribution >= 4 is 10.9 Å². The third-order valence-corrected chi connectivity index (χ3v) is 2.31. The van der Waals surface area contributed by atoms with Gasteiger partial charge in [0.15, 0.2) is 0 Å². The number of benzene rings is 1. The van der Waals surface area contributed by atoms with E-state index < -0.39 is 0 Å². The Morgan fingerprint density at radius 1 is 1.19 bits per heavy atom. The second kappa shape index (κ2) is 5.29. The number of hydrogen-bond acceptors (Lipinski definition) is 2. The van der Waals surface area contributed by atoms with E-state index in [4.69, 9.17) is 0 Å². The van der Waals surface area contributed by atoms with E-state index in [1.165, 1.54) is 0 Å². The Hall–Kier alpha value is -1.85. The maximum absolute atomic E-state index is 4.48. The number of para-hydroxylation sites is 1. The zero-order valence-corrected chi connectivity index (χ0v) is 9.33. The van der Waals surface area contributed by atoms with E-state index in [9.17, 15) is 0 Å². The van der Waals surface area contributed by atoms with E-state index in [1.807, 2.05) is 31.3 Å². The monoisotopic (exact) mass is 210 g/mol. The van der Waals surface area contributed by atoms with Gasteiger partial charge in [-0.1, -0.05) is 30.2 Å². The van der Waals surface area contributed by atoms with Gasteiger partial charge in [0.25, 0.3) is 0 Å². The van der Waals surface area contributed by atoms with Crippen LogP contribution in [0.4, 0.5) is 0 Å². The standard InChI is InChI=1S/C14H14N2/c1-15-11-5-4-7-13-10-9-12-6-2-3-8-14(12)16-13/h2-3,6,8-10,15H,5,11H2,1H3.